The lowest BCUT2D eigenvalue weighted by molar-refractivity contribution is 0.469. The molecule has 0 aliphatic carbocycles. The van der Waals surface area contributed by atoms with Gasteiger partial charge in [-0.15, -0.1) is 0 Å². The summed E-state index contributed by atoms with van der Waals surface area (Å²) >= 11 is 0. The third-order valence-corrected chi connectivity index (χ3v) is 2.98. The van der Waals surface area contributed by atoms with E-state index in [1.165, 1.54) is 12.1 Å². The van der Waals surface area contributed by atoms with E-state index in [-0.39, 0.29) is 5.82 Å². The number of aryl methyl sites for hydroxylation is 1. The Morgan fingerprint density at radius 2 is 2.00 bits per heavy atom. The predicted molar refractivity (Wildman–Crippen MR) is 79.7 cm³/mol. The van der Waals surface area contributed by atoms with Crippen LogP contribution in [0.15, 0.2) is 42.5 Å². The summed E-state index contributed by atoms with van der Waals surface area (Å²) < 4.78 is 19.2. The number of nitrogens with one attached hydrogen (secondary N) is 1. The molecule has 0 aliphatic heterocycles. The molecule has 0 atom stereocenters. The van der Waals surface area contributed by atoms with E-state index in [0.717, 1.165) is 29.8 Å². The second-order valence-corrected chi connectivity index (χ2v) is 4.85. The van der Waals surface area contributed by atoms with Crippen LogP contribution < -0.4 is 10.1 Å². The van der Waals surface area contributed by atoms with Gasteiger partial charge in [-0.3, -0.25) is 0 Å². The van der Waals surface area contributed by atoms with Crippen molar-refractivity contribution in [3.05, 3.63) is 59.4 Å². The van der Waals surface area contributed by atoms with Crippen molar-refractivity contribution in [3.8, 4) is 11.5 Å². The Morgan fingerprint density at radius 1 is 1.15 bits per heavy atom. The molecule has 20 heavy (non-hydrogen) atoms. The average Bonchev–Trinajstić information content (AvgIpc) is 2.42. The highest BCUT2D eigenvalue weighted by Gasteiger charge is 2.06. The van der Waals surface area contributed by atoms with Gasteiger partial charge in [-0.05, 0) is 55.8 Å². The number of hydrogen-bond donors (Lipinski definition) is 1. The van der Waals surface area contributed by atoms with Gasteiger partial charge >= 0.3 is 0 Å². The van der Waals surface area contributed by atoms with E-state index in [1.54, 1.807) is 6.07 Å². The van der Waals surface area contributed by atoms with Crippen LogP contribution in [-0.4, -0.2) is 6.54 Å². The van der Waals surface area contributed by atoms with Crippen molar-refractivity contribution in [2.45, 2.75) is 26.8 Å². The fraction of sp³-hybridized carbons (Fsp3) is 0.294. The van der Waals surface area contributed by atoms with Crippen LogP contribution in [0.25, 0.3) is 0 Å². The molecule has 0 amide bonds. The van der Waals surface area contributed by atoms with Crippen LogP contribution in [0.5, 0.6) is 11.5 Å². The summed E-state index contributed by atoms with van der Waals surface area (Å²) in [6.45, 7) is 5.62. The number of rotatable bonds is 6. The van der Waals surface area contributed by atoms with Gasteiger partial charge in [0.15, 0.2) is 0 Å². The van der Waals surface area contributed by atoms with E-state index in [4.69, 9.17) is 4.74 Å². The van der Waals surface area contributed by atoms with Crippen LogP contribution >= 0.6 is 0 Å². The highest BCUT2D eigenvalue weighted by Crippen LogP contribution is 2.26. The molecule has 0 aromatic heterocycles. The van der Waals surface area contributed by atoms with E-state index in [0.29, 0.717) is 12.3 Å². The molecular formula is C17H20FNO. The van der Waals surface area contributed by atoms with Gasteiger partial charge in [-0.25, -0.2) is 4.39 Å². The summed E-state index contributed by atoms with van der Waals surface area (Å²) in [6.07, 6.45) is 1.05. The number of hydrogen-bond acceptors (Lipinski definition) is 2. The maximum absolute atomic E-state index is 13.4. The average molecular weight is 273 g/mol. The van der Waals surface area contributed by atoms with E-state index < -0.39 is 0 Å². The molecule has 2 nitrogen and oxygen atoms in total. The highest BCUT2D eigenvalue weighted by atomic mass is 19.1. The minimum atomic E-state index is -0.241. The Morgan fingerprint density at radius 3 is 2.75 bits per heavy atom. The predicted octanol–water partition coefficient (Wildman–Crippen LogP) is 4.43. The lowest BCUT2D eigenvalue weighted by Crippen LogP contribution is -2.14. The van der Waals surface area contributed by atoms with Crippen molar-refractivity contribution < 1.29 is 9.13 Å². The summed E-state index contributed by atoms with van der Waals surface area (Å²) in [4.78, 5) is 0. The lowest BCUT2D eigenvalue weighted by Gasteiger charge is -2.12. The number of benzene rings is 2. The second kappa shape index (κ2) is 7.06. The maximum atomic E-state index is 13.4. The third kappa shape index (κ3) is 4.07. The molecular weight excluding hydrogens is 253 g/mol. The second-order valence-electron chi connectivity index (χ2n) is 4.85. The summed E-state index contributed by atoms with van der Waals surface area (Å²) in [5, 5.41) is 3.27. The molecule has 0 unspecified atom stereocenters. The minimum Gasteiger partial charge on any atom is -0.457 e. The van der Waals surface area contributed by atoms with Gasteiger partial charge in [0.25, 0.3) is 0 Å². The molecule has 0 bridgehead atoms. The van der Waals surface area contributed by atoms with Gasteiger partial charge in [0, 0.05) is 12.1 Å². The first-order valence-electron chi connectivity index (χ1n) is 6.92. The normalized spacial score (nSPS) is 10.6. The van der Waals surface area contributed by atoms with Crippen LogP contribution in [0, 0.1) is 12.7 Å². The molecule has 3 heteroatoms. The largest absolute Gasteiger partial charge is 0.457 e. The lowest BCUT2D eigenvalue weighted by atomic mass is 10.2. The van der Waals surface area contributed by atoms with Gasteiger partial charge < -0.3 is 10.1 Å². The zero-order valence-electron chi connectivity index (χ0n) is 11.9. The number of halogens is 1. The van der Waals surface area contributed by atoms with Gasteiger partial charge in [-0.1, -0.05) is 19.1 Å². The van der Waals surface area contributed by atoms with E-state index in [2.05, 4.69) is 12.2 Å². The van der Waals surface area contributed by atoms with Crippen molar-refractivity contribution in [1.29, 1.82) is 0 Å². The van der Waals surface area contributed by atoms with Crippen LogP contribution in [0.3, 0.4) is 0 Å². The smallest absolute Gasteiger partial charge is 0.132 e. The third-order valence-electron chi connectivity index (χ3n) is 2.98. The zero-order chi connectivity index (χ0) is 14.4. The summed E-state index contributed by atoms with van der Waals surface area (Å²) in [5.41, 5.74) is 1.97. The van der Waals surface area contributed by atoms with Gasteiger partial charge in [-0.2, -0.15) is 0 Å². The topological polar surface area (TPSA) is 21.3 Å². The molecule has 0 spiro atoms. The van der Waals surface area contributed by atoms with Crippen LogP contribution in [-0.2, 0) is 6.54 Å². The van der Waals surface area contributed by atoms with Crippen molar-refractivity contribution in [3.63, 3.8) is 0 Å². The molecule has 0 heterocycles. The first-order valence-corrected chi connectivity index (χ1v) is 6.92. The Hall–Kier alpha value is -1.87. The molecule has 0 aliphatic rings. The summed E-state index contributed by atoms with van der Waals surface area (Å²) in [7, 11) is 0. The first kappa shape index (κ1) is 14.5. The van der Waals surface area contributed by atoms with E-state index >= 15 is 0 Å². The van der Waals surface area contributed by atoms with Crippen molar-refractivity contribution >= 4 is 0 Å². The van der Waals surface area contributed by atoms with Gasteiger partial charge in [0.05, 0.1) is 0 Å². The molecule has 0 radical (unpaired) electrons. The Bertz CT molecular complexity index is 569. The standard InChI is InChI=1S/C17H20FNO/c1-3-9-19-12-14-11-15(18)7-8-17(14)20-16-6-4-5-13(2)10-16/h4-8,10-11,19H,3,9,12H2,1-2H3. The minimum absolute atomic E-state index is 0.241. The van der Waals surface area contributed by atoms with Gasteiger partial charge in [0.2, 0.25) is 0 Å². The Balaban J connectivity index is 2.17. The molecule has 2 aromatic carbocycles. The van der Waals surface area contributed by atoms with Crippen LogP contribution in [0.4, 0.5) is 4.39 Å². The fourth-order valence-electron chi connectivity index (χ4n) is 1.99. The van der Waals surface area contributed by atoms with Gasteiger partial charge in [0.1, 0.15) is 17.3 Å². The monoisotopic (exact) mass is 273 g/mol. The van der Waals surface area contributed by atoms with Crippen LogP contribution in [0.1, 0.15) is 24.5 Å². The molecule has 2 aromatic rings. The molecule has 0 fully saturated rings. The molecule has 1 N–H and O–H groups in total. The highest BCUT2D eigenvalue weighted by molar-refractivity contribution is 5.39. The Labute approximate surface area is 119 Å². The summed E-state index contributed by atoms with van der Waals surface area (Å²) in [5.74, 6) is 1.23. The molecule has 106 valence electrons. The molecule has 0 saturated heterocycles. The first-order chi connectivity index (χ1) is 9.69. The quantitative estimate of drug-likeness (QED) is 0.786. The van der Waals surface area contributed by atoms with Crippen molar-refractivity contribution in [1.82, 2.24) is 5.32 Å². The Kier molecular flexibility index (Phi) is 5.13. The maximum Gasteiger partial charge on any atom is 0.132 e. The van der Waals surface area contributed by atoms with E-state index in [1.807, 2.05) is 31.2 Å². The molecule has 0 saturated carbocycles. The molecule has 2 rings (SSSR count). The SMILES string of the molecule is CCCNCc1cc(F)ccc1Oc1cccc(C)c1. The fourth-order valence-corrected chi connectivity index (χ4v) is 1.99. The van der Waals surface area contributed by atoms with Crippen molar-refractivity contribution in [2.24, 2.45) is 0 Å². The van der Waals surface area contributed by atoms with E-state index in [9.17, 15) is 4.39 Å². The van der Waals surface area contributed by atoms with Crippen molar-refractivity contribution in [2.75, 3.05) is 6.54 Å². The zero-order valence-corrected chi connectivity index (χ0v) is 11.9. The number of ether oxygens (including phenoxy) is 1. The van der Waals surface area contributed by atoms with Crippen LogP contribution in [0.2, 0.25) is 0 Å². The summed E-state index contributed by atoms with van der Waals surface area (Å²) in [6, 6.07) is 12.5.